The van der Waals surface area contributed by atoms with Crippen LogP contribution in [0.15, 0.2) is 73.2 Å². The van der Waals surface area contributed by atoms with E-state index in [0.29, 0.717) is 46.0 Å². The van der Waals surface area contributed by atoms with Crippen molar-refractivity contribution < 1.29 is 41.1 Å². The van der Waals surface area contributed by atoms with Gasteiger partial charge >= 0.3 is 12.2 Å². The lowest BCUT2D eigenvalue weighted by molar-refractivity contribution is -0.141. The summed E-state index contributed by atoms with van der Waals surface area (Å²) in [6, 6.07) is 10.9. The summed E-state index contributed by atoms with van der Waals surface area (Å²) in [6.45, 7) is 0.689. The smallest absolute Gasteiger partial charge is 0.433 e. The number of rotatable bonds is 8. The highest BCUT2D eigenvalue weighted by Gasteiger charge is 2.41. The highest BCUT2D eigenvalue weighted by atomic mass is 19.4. The maximum absolute atomic E-state index is 15.8. The van der Waals surface area contributed by atoms with Crippen LogP contribution < -0.4 is 20.3 Å². The lowest BCUT2D eigenvalue weighted by Crippen LogP contribution is -2.49. The quantitative estimate of drug-likeness (QED) is 0.155. The van der Waals surface area contributed by atoms with E-state index < -0.39 is 42.0 Å². The molecule has 0 unspecified atom stereocenters. The van der Waals surface area contributed by atoms with Crippen molar-refractivity contribution >= 4 is 56.5 Å². The number of urea groups is 1. The molecule has 3 aromatic heterocycles. The third-order valence-electron chi connectivity index (χ3n) is 10.8. The van der Waals surface area contributed by atoms with Gasteiger partial charge in [0.05, 0.1) is 42.8 Å². The summed E-state index contributed by atoms with van der Waals surface area (Å²) in [6.07, 6.45) is 5.21. The number of anilines is 2. The van der Waals surface area contributed by atoms with Crippen molar-refractivity contribution in [2.24, 2.45) is 5.92 Å². The van der Waals surface area contributed by atoms with Crippen LogP contribution in [-0.2, 0) is 11.0 Å². The van der Waals surface area contributed by atoms with Crippen LogP contribution in [0.25, 0.3) is 27.2 Å². The number of imide groups is 1. The van der Waals surface area contributed by atoms with Crippen molar-refractivity contribution in [3.8, 4) is 5.75 Å². The molecule has 2 fully saturated rings. The third-order valence-corrected chi connectivity index (χ3v) is 10.8. The van der Waals surface area contributed by atoms with Crippen LogP contribution in [0.1, 0.15) is 59.9 Å². The number of halogens is 5. The fourth-order valence-electron chi connectivity index (χ4n) is 7.99. The van der Waals surface area contributed by atoms with Crippen LogP contribution in [-0.4, -0.2) is 81.7 Å². The van der Waals surface area contributed by atoms with Gasteiger partial charge in [0, 0.05) is 66.2 Å². The van der Waals surface area contributed by atoms with E-state index in [4.69, 9.17) is 9.84 Å². The van der Waals surface area contributed by atoms with Gasteiger partial charge in [0.2, 0.25) is 5.91 Å². The number of aromatic nitrogens is 4. The van der Waals surface area contributed by atoms with Crippen LogP contribution >= 0.6 is 0 Å². The molecule has 3 aliphatic rings. The Morgan fingerprint density at radius 1 is 1.04 bits per heavy atom. The molecular formula is C40H37F5N8O4. The minimum atomic E-state index is -4.70. The minimum absolute atomic E-state index is 0.0477. The normalized spacial score (nSPS) is 20.4. The maximum atomic E-state index is 15.8. The summed E-state index contributed by atoms with van der Waals surface area (Å²) in [5.41, 5.74) is 0.134. The summed E-state index contributed by atoms with van der Waals surface area (Å²) in [5, 5.41) is 11.6. The van der Waals surface area contributed by atoms with Gasteiger partial charge in [0.15, 0.2) is 0 Å². The molecule has 1 saturated carbocycles. The largest absolute Gasteiger partial charge is 0.494 e. The molecule has 0 radical (unpaired) electrons. The molecule has 0 bridgehead atoms. The topological polar surface area (TPSA) is 135 Å². The fourth-order valence-corrected chi connectivity index (χ4v) is 7.99. The molecule has 5 aromatic rings. The molecule has 8 rings (SSSR count). The second-order valence-corrected chi connectivity index (χ2v) is 14.6. The van der Waals surface area contributed by atoms with E-state index in [2.05, 4.69) is 20.6 Å². The highest BCUT2D eigenvalue weighted by molar-refractivity contribution is 6.10. The molecule has 5 heterocycles. The van der Waals surface area contributed by atoms with Gasteiger partial charge in [-0.15, -0.1) is 0 Å². The average Bonchev–Trinajstić information content (AvgIpc) is 3.60. The number of fused-ring (bicyclic) bond motifs is 2. The van der Waals surface area contributed by atoms with Gasteiger partial charge < -0.3 is 10.1 Å². The molecule has 2 aliphatic heterocycles. The van der Waals surface area contributed by atoms with Crippen molar-refractivity contribution in [2.75, 3.05) is 43.5 Å². The van der Waals surface area contributed by atoms with E-state index in [1.54, 1.807) is 47.5 Å². The molecule has 1 aliphatic carbocycles. The Morgan fingerprint density at radius 3 is 2.58 bits per heavy atom. The number of pyridine rings is 2. The second-order valence-electron chi connectivity index (χ2n) is 14.6. The van der Waals surface area contributed by atoms with E-state index in [-0.39, 0.29) is 47.8 Å². The summed E-state index contributed by atoms with van der Waals surface area (Å²) in [4.78, 5) is 47.9. The van der Waals surface area contributed by atoms with Gasteiger partial charge in [-0.05, 0) is 61.4 Å². The zero-order valence-electron chi connectivity index (χ0n) is 30.7. The number of hydrogen-bond acceptors (Lipinski definition) is 8. The van der Waals surface area contributed by atoms with Crippen LogP contribution in [0.4, 0.5) is 38.1 Å². The highest BCUT2D eigenvalue weighted by Crippen LogP contribution is 2.40. The Kier molecular flexibility index (Phi) is 9.87. The molecule has 2 N–H and O–H groups in total. The van der Waals surface area contributed by atoms with Crippen LogP contribution in [0.3, 0.4) is 0 Å². The lowest BCUT2D eigenvalue weighted by Gasteiger charge is -2.37. The van der Waals surface area contributed by atoms with Gasteiger partial charge in [0.1, 0.15) is 17.1 Å². The fraction of sp³-hybridized carbons (Fsp3) is 0.350. The van der Waals surface area contributed by atoms with Crippen molar-refractivity contribution in [1.82, 2.24) is 30.0 Å². The zero-order valence-corrected chi connectivity index (χ0v) is 30.7. The molecule has 17 heteroatoms. The van der Waals surface area contributed by atoms with E-state index in [1.165, 1.54) is 24.3 Å². The Bertz CT molecular complexity index is 2420. The van der Waals surface area contributed by atoms with E-state index in [1.807, 2.05) is 10.9 Å². The second kappa shape index (κ2) is 14.8. The first-order valence-electron chi connectivity index (χ1n) is 18.5. The van der Waals surface area contributed by atoms with Gasteiger partial charge in [-0.25, -0.2) is 9.78 Å². The number of ether oxygens (including phenoxy) is 1. The predicted octanol–water partition coefficient (Wildman–Crippen LogP) is 7.47. The predicted molar refractivity (Wildman–Crippen MR) is 201 cm³/mol. The van der Waals surface area contributed by atoms with Crippen molar-refractivity contribution in [3.63, 3.8) is 0 Å². The van der Waals surface area contributed by atoms with Gasteiger partial charge in [-0.3, -0.25) is 34.4 Å². The lowest BCUT2D eigenvalue weighted by atomic mass is 9.85. The molecule has 57 heavy (non-hydrogen) atoms. The monoisotopic (exact) mass is 788 g/mol. The van der Waals surface area contributed by atoms with Gasteiger partial charge in [-0.1, -0.05) is 24.3 Å². The third kappa shape index (κ3) is 7.75. The SMILES string of the molecule is COc1cc2nn(C3CCC(CN4CC=C(c5ccc6c(N7CCC(=O)NC7=O)cncc6c5)C(F)(F)C4)CC3)cc2cc1NC(=O)c1cccc(C(F)(F)F)n1. The van der Waals surface area contributed by atoms with Gasteiger partial charge in [0.25, 0.3) is 11.8 Å². The van der Waals surface area contributed by atoms with Crippen molar-refractivity contribution in [3.05, 3.63) is 90.1 Å². The maximum Gasteiger partial charge on any atom is 0.433 e. The summed E-state index contributed by atoms with van der Waals surface area (Å²) in [7, 11) is 1.41. The molecule has 2 aromatic carbocycles. The van der Waals surface area contributed by atoms with Crippen molar-refractivity contribution in [1.29, 1.82) is 0 Å². The Balaban J connectivity index is 0.899. The number of carbonyl (C=O) groups excluding carboxylic acids is 3. The van der Waals surface area contributed by atoms with Crippen LogP contribution in [0.5, 0.6) is 5.75 Å². The van der Waals surface area contributed by atoms with E-state index in [0.717, 1.165) is 37.8 Å². The number of alkyl halides is 5. The number of nitrogens with one attached hydrogen (secondary N) is 2. The molecular weight excluding hydrogens is 751 g/mol. The Hall–Kier alpha value is -5.97. The molecule has 12 nitrogen and oxygen atoms in total. The number of benzene rings is 2. The van der Waals surface area contributed by atoms with Crippen LogP contribution in [0.2, 0.25) is 0 Å². The first-order valence-corrected chi connectivity index (χ1v) is 18.5. The number of nitrogens with zero attached hydrogens (tertiary/aromatic N) is 6. The summed E-state index contributed by atoms with van der Waals surface area (Å²) >= 11 is 0. The number of amides is 4. The standard InChI is InChI=1S/C40H37F5N8O4/c1-57-34-17-31-26(16-32(34)48-37(55)30-3-2-4-35(47-30)40(43,44)45)21-53(50-31)27-8-5-23(6-9-27)20-51-13-11-29(39(41,42)22-51)24-7-10-28-25(15-24)18-46-19-33(28)52-14-12-36(54)49-38(52)56/h2-4,7,10-11,15-19,21,23,27H,5-6,8-9,12-14,20,22H2,1H3,(H,48,55)(H,49,54,56). The Labute approximate surface area is 322 Å². The average molecular weight is 789 g/mol. The van der Waals surface area contributed by atoms with Crippen LogP contribution in [0, 0.1) is 5.92 Å². The molecule has 4 amide bonds. The van der Waals surface area contributed by atoms with E-state index >= 15 is 8.78 Å². The first-order chi connectivity index (χ1) is 27.3. The Morgan fingerprint density at radius 2 is 1.84 bits per heavy atom. The minimum Gasteiger partial charge on any atom is -0.494 e. The number of methoxy groups -OCH3 is 1. The van der Waals surface area contributed by atoms with Gasteiger partial charge in [-0.2, -0.15) is 27.1 Å². The molecule has 0 atom stereocenters. The molecule has 1 saturated heterocycles. The zero-order chi connectivity index (χ0) is 40.1. The summed E-state index contributed by atoms with van der Waals surface area (Å²) in [5.74, 6) is -3.78. The first kappa shape index (κ1) is 37.9. The number of carbonyl (C=O) groups is 3. The van der Waals surface area contributed by atoms with E-state index in [9.17, 15) is 27.6 Å². The molecule has 0 spiro atoms. The number of hydrogen-bond donors (Lipinski definition) is 2. The van der Waals surface area contributed by atoms with Crippen molar-refractivity contribution in [2.45, 2.75) is 50.2 Å². The molecule has 296 valence electrons. The summed E-state index contributed by atoms with van der Waals surface area (Å²) < 4.78 is 78.4.